The van der Waals surface area contributed by atoms with Gasteiger partial charge in [-0.1, -0.05) is 24.3 Å². The summed E-state index contributed by atoms with van der Waals surface area (Å²) in [7, 11) is 1.59. The van der Waals surface area contributed by atoms with E-state index in [1.165, 1.54) is 0 Å². The Morgan fingerprint density at radius 3 is 2.50 bits per heavy atom. The topological polar surface area (TPSA) is 105 Å². The number of hydrogen-bond acceptors (Lipinski definition) is 7. The minimum absolute atomic E-state index is 0.00859. The Morgan fingerprint density at radius 1 is 1.08 bits per heavy atom. The van der Waals surface area contributed by atoms with Gasteiger partial charge < -0.3 is 14.3 Å². The number of rotatable bonds is 8. The molecule has 0 radical (unpaired) electrons. The lowest BCUT2D eigenvalue weighted by molar-refractivity contribution is -0.754. The zero-order chi connectivity index (χ0) is 17.5. The van der Waals surface area contributed by atoms with Crippen LogP contribution in [0.25, 0.3) is 10.8 Å². The summed E-state index contributed by atoms with van der Waals surface area (Å²) < 4.78 is 9.93. The molecule has 126 valence electrons. The van der Waals surface area contributed by atoms with E-state index < -0.39 is 30.1 Å². The predicted molar refractivity (Wildman–Crippen MR) is 83.1 cm³/mol. The quantitative estimate of drug-likeness (QED) is 0.411. The van der Waals surface area contributed by atoms with Crippen molar-refractivity contribution in [1.82, 2.24) is 0 Å². The highest BCUT2D eigenvalue weighted by molar-refractivity contribution is 5.86. The summed E-state index contributed by atoms with van der Waals surface area (Å²) in [6, 6.07) is 11.1. The van der Waals surface area contributed by atoms with Crippen molar-refractivity contribution in [1.29, 1.82) is 0 Å². The van der Waals surface area contributed by atoms with Crippen molar-refractivity contribution in [3.05, 3.63) is 52.1 Å². The molecule has 0 saturated carbocycles. The third-order valence-electron chi connectivity index (χ3n) is 3.19. The van der Waals surface area contributed by atoms with Crippen LogP contribution in [0.2, 0.25) is 0 Å². The number of carbonyl (C=O) groups is 2. The van der Waals surface area contributed by atoms with Gasteiger partial charge in [-0.15, -0.1) is 10.1 Å². The predicted octanol–water partition coefficient (Wildman–Crippen LogP) is 1.71. The van der Waals surface area contributed by atoms with Crippen molar-refractivity contribution < 1.29 is 29.0 Å². The molecule has 0 bridgehead atoms. The zero-order valence-electron chi connectivity index (χ0n) is 12.9. The van der Waals surface area contributed by atoms with Gasteiger partial charge in [0.15, 0.2) is 19.0 Å². The van der Waals surface area contributed by atoms with Crippen LogP contribution in [-0.2, 0) is 25.6 Å². The van der Waals surface area contributed by atoms with Gasteiger partial charge in [0, 0.05) is 0 Å². The largest absolute Gasteiger partial charge is 0.497 e. The Labute approximate surface area is 137 Å². The molecule has 0 aliphatic heterocycles. The number of benzene rings is 2. The Balaban J connectivity index is 1.90. The van der Waals surface area contributed by atoms with Gasteiger partial charge in [0.25, 0.3) is 5.09 Å². The molecular formula is C16H15NO7. The van der Waals surface area contributed by atoms with Gasteiger partial charge in [-0.2, -0.15) is 0 Å². The van der Waals surface area contributed by atoms with E-state index in [9.17, 15) is 19.7 Å². The highest BCUT2D eigenvalue weighted by atomic mass is 16.9. The monoisotopic (exact) mass is 333 g/mol. The van der Waals surface area contributed by atoms with Crippen LogP contribution in [0.5, 0.6) is 5.75 Å². The number of ketones is 1. The maximum Gasteiger partial charge on any atom is 0.310 e. The van der Waals surface area contributed by atoms with E-state index in [1.807, 2.05) is 30.3 Å². The third-order valence-corrected chi connectivity index (χ3v) is 3.19. The van der Waals surface area contributed by atoms with Gasteiger partial charge in [0.2, 0.25) is 0 Å². The molecule has 0 amide bonds. The van der Waals surface area contributed by atoms with Crippen LogP contribution in [0.4, 0.5) is 0 Å². The minimum Gasteiger partial charge on any atom is -0.497 e. The van der Waals surface area contributed by atoms with Gasteiger partial charge in [-0.3, -0.25) is 9.59 Å². The summed E-state index contributed by atoms with van der Waals surface area (Å²) in [6.45, 7) is -1.30. The van der Waals surface area contributed by atoms with Gasteiger partial charge >= 0.3 is 5.97 Å². The number of fused-ring (bicyclic) bond motifs is 1. The van der Waals surface area contributed by atoms with Crippen LogP contribution in [0.1, 0.15) is 5.56 Å². The lowest BCUT2D eigenvalue weighted by Crippen LogP contribution is -2.20. The summed E-state index contributed by atoms with van der Waals surface area (Å²) >= 11 is 0. The molecule has 0 saturated heterocycles. The van der Waals surface area contributed by atoms with Crippen LogP contribution in [0.15, 0.2) is 36.4 Å². The molecule has 24 heavy (non-hydrogen) atoms. The Kier molecular flexibility index (Phi) is 5.67. The number of nitrogens with zero attached hydrogens (tertiary/aromatic N) is 1. The summed E-state index contributed by atoms with van der Waals surface area (Å²) in [5, 5.41) is 10.8. The second kappa shape index (κ2) is 7.91. The second-order valence-electron chi connectivity index (χ2n) is 4.92. The molecule has 0 heterocycles. The van der Waals surface area contributed by atoms with E-state index in [2.05, 4.69) is 4.84 Å². The van der Waals surface area contributed by atoms with E-state index in [0.717, 1.165) is 22.1 Å². The average Bonchev–Trinajstić information content (AvgIpc) is 2.57. The Hall–Kier alpha value is -3.16. The average molecular weight is 333 g/mol. The van der Waals surface area contributed by atoms with Crippen molar-refractivity contribution in [2.24, 2.45) is 0 Å². The normalized spacial score (nSPS) is 10.2. The van der Waals surface area contributed by atoms with Crippen LogP contribution < -0.4 is 4.74 Å². The Bertz CT molecular complexity index is 772. The molecule has 0 spiro atoms. The summed E-state index contributed by atoms with van der Waals surface area (Å²) in [4.78, 5) is 36.8. The van der Waals surface area contributed by atoms with Gasteiger partial charge in [-0.05, 0) is 28.5 Å². The molecule has 0 aliphatic carbocycles. The molecule has 8 heteroatoms. The molecule has 2 aromatic carbocycles. The zero-order valence-corrected chi connectivity index (χ0v) is 12.9. The van der Waals surface area contributed by atoms with E-state index >= 15 is 0 Å². The number of hydrogen-bond donors (Lipinski definition) is 0. The van der Waals surface area contributed by atoms with E-state index in [1.54, 1.807) is 13.2 Å². The van der Waals surface area contributed by atoms with E-state index in [4.69, 9.17) is 9.47 Å². The van der Waals surface area contributed by atoms with Gasteiger partial charge in [0.1, 0.15) is 5.75 Å². The molecule has 0 N–H and O–H groups in total. The van der Waals surface area contributed by atoms with Crippen molar-refractivity contribution in [3.63, 3.8) is 0 Å². The first kappa shape index (κ1) is 17.2. The first-order valence-electron chi connectivity index (χ1n) is 6.99. The minimum atomic E-state index is -1.08. The van der Waals surface area contributed by atoms with E-state index in [0.29, 0.717) is 0 Å². The highest BCUT2D eigenvalue weighted by Gasteiger charge is 2.11. The summed E-state index contributed by atoms with van der Waals surface area (Å²) in [6.07, 6.45) is -0.00859. The fraction of sp³-hybridized carbons (Fsp3) is 0.250. The second-order valence-corrected chi connectivity index (χ2v) is 4.92. The fourth-order valence-electron chi connectivity index (χ4n) is 2.06. The molecule has 0 unspecified atom stereocenters. The number of methoxy groups -OCH3 is 1. The Morgan fingerprint density at radius 2 is 1.79 bits per heavy atom. The van der Waals surface area contributed by atoms with Crippen molar-refractivity contribution >= 4 is 22.5 Å². The number of Topliss-reactive ketones (excluding diaryl/α,β-unsaturated/α-hetero) is 1. The SMILES string of the molecule is COc1ccc2cc(CC(=O)OCC(=O)CO[N+](=O)[O-])ccc2c1. The lowest BCUT2D eigenvalue weighted by Gasteiger charge is -2.06. The van der Waals surface area contributed by atoms with Crippen molar-refractivity contribution in [3.8, 4) is 5.75 Å². The number of esters is 1. The van der Waals surface area contributed by atoms with Gasteiger partial charge in [0.05, 0.1) is 13.5 Å². The molecule has 2 aromatic rings. The van der Waals surface area contributed by atoms with Crippen molar-refractivity contribution in [2.75, 3.05) is 20.3 Å². The van der Waals surface area contributed by atoms with Crippen molar-refractivity contribution in [2.45, 2.75) is 6.42 Å². The molecule has 2 rings (SSSR count). The molecule has 0 aromatic heterocycles. The molecule has 8 nitrogen and oxygen atoms in total. The van der Waals surface area contributed by atoms with Crippen LogP contribution in [0, 0.1) is 10.1 Å². The first-order valence-corrected chi connectivity index (χ1v) is 6.99. The highest BCUT2D eigenvalue weighted by Crippen LogP contribution is 2.22. The number of carbonyl (C=O) groups excluding carboxylic acids is 2. The third kappa shape index (κ3) is 4.94. The van der Waals surface area contributed by atoms with Crippen LogP contribution >= 0.6 is 0 Å². The lowest BCUT2D eigenvalue weighted by atomic mass is 10.0. The fourth-order valence-corrected chi connectivity index (χ4v) is 2.06. The van der Waals surface area contributed by atoms with E-state index in [-0.39, 0.29) is 6.42 Å². The molecule has 0 aliphatic rings. The standard InChI is InChI=1S/C16H15NO7/c1-22-15-5-4-12-6-11(2-3-13(12)8-15)7-16(19)23-9-14(18)10-24-17(20)21/h2-6,8H,7,9-10H2,1H3. The maximum atomic E-state index is 11.7. The first-order chi connectivity index (χ1) is 11.5. The van der Waals surface area contributed by atoms with Crippen LogP contribution in [0.3, 0.4) is 0 Å². The summed E-state index contributed by atoms with van der Waals surface area (Å²) in [5.74, 6) is -0.548. The maximum absolute atomic E-state index is 11.7. The summed E-state index contributed by atoms with van der Waals surface area (Å²) in [5.41, 5.74) is 0.728. The smallest absolute Gasteiger partial charge is 0.310 e. The van der Waals surface area contributed by atoms with Gasteiger partial charge in [-0.25, -0.2) is 0 Å². The molecular weight excluding hydrogens is 318 g/mol. The molecule has 0 atom stereocenters. The van der Waals surface area contributed by atoms with Crippen LogP contribution in [-0.4, -0.2) is 37.2 Å². The molecule has 0 fully saturated rings. The number of ether oxygens (including phenoxy) is 2.